The van der Waals surface area contributed by atoms with Crippen molar-refractivity contribution in [2.75, 3.05) is 5.73 Å². The van der Waals surface area contributed by atoms with E-state index in [2.05, 4.69) is 11.1 Å². The minimum atomic E-state index is 0.243. The van der Waals surface area contributed by atoms with Crippen molar-refractivity contribution in [3.05, 3.63) is 35.5 Å². The van der Waals surface area contributed by atoms with Crippen molar-refractivity contribution in [2.24, 2.45) is 5.73 Å². The summed E-state index contributed by atoms with van der Waals surface area (Å²) >= 11 is 0. The van der Waals surface area contributed by atoms with Crippen molar-refractivity contribution < 1.29 is 0 Å². The number of pyridine rings is 1. The molecule has 1 unspecified atom stereocenters. The van der Waals surface area contributed by atoms with Gasteiger partial charge in [0.1, 0.15) is 5.82 Å². The molecule has 1 aromatic heterocycles. The van der Waals surface area contributed by atoms with Crippen molar-refractivity contribution >= 4 is 5.82 Å². The molecular formula is C12H17N3. The molecule has 1 heterocycles. The lowest BCUT2D eigenvalue weighted by molar-refractivity contribution is 0.617. The molecule has 0 radical (unpaired) electrons. The zero-order chi connectivity index (χ0) is 10.7. The quantitative estimate of drug-likeness (QED) is 0.718. The van der Waals surface area contributed by atoms with Crippen LogP contribution in [0.1, 0.15) is 24.8 Å². The number of nitrogen functional groups attached to an aromatic ring is 1. The van der Waals surface area contributed by atoms with Crippen molar-refractivity contribution in [3.63, 3.8) is 0 Å². The van der Waals surface area contributed by atoms with Crippen LogP contribution >= 0.6 is 0 Å². The van der Waals surface area contributed by atoms with Gasteiger partial charge in [0.05, 0.1) is 0 Å². The number of aromatic nitrogens is 1. The fourth-order valence-electron chi connectivity index (χ4n) is 2.05. The molecule has 0 aliphatic heterocycles. The predicted molar refractivity (Wildman–Crippen MR) is 62.3 cm³/mol. The smallest absolute Gasteiger partial charge is 0.123 e. The Morgan fingerprint density at radius 1 is 1.47 bits per heavy atom. The number of rotatable bonds is 2. The summed E-state index contributed by atoms with van der Waals surface area (Å²) < 4.78 is 0. The van der Waals surface area contributed by atoms with Crippen LogP contribution in [0, 0.1) is 0 Å². The minimum absolute atomic E-state index is 0.243. The second-order valence-electron chi connectivity index (χ2n) is 4.15. The van der Waals surface area contributed by atoms with Crippen LogP contribution < -0.4 is 11.5 Å². The lowest BCUT2D eigenvalue weighted by Gasteiger charge is -2.17. The highest BCUT2D eigenvalue weighted by atomic mass is 14.8. The molecule has 0 bridgehead atoms. The first-order valence-electron chi connectivity index (χ1n) is 5.39. The van der Waals surface area contributed by atoms with Crippen molar-refractivity contribution in [1.82, 2.24) is 4.98 Å². The lowest BCUT2D eigenvalue weighted by Crippen LogP contribution is -2.20. The summed E-state index contributed by atoms with van der Waals surface area (Å²) in [5.41, 5.74) is 14.2. The molecule has 2 rings (SSSR count). The molecule has 0 saturated carbocycles. The van der Waals surface area contributed by atoms with E-state index in [0.29, 0.717) is 5.82 Å². The van der Waals surface area contributed by atoms with Crippen LogP contribution in [0.3, 0.4) is 0 Å². The van der Waals surface area contributed by atoms with Gasteiger partial charge in [-0.1, -0.05) is 11.6 Å². The van der Waals surface area contributed by atoms with Gasteiger partial charge in [-0.05, 0) is 43.4 Å². The van der Waals surface area contributed by atoms with Gasteiger partial charge < -0.3 is 11.5 Å². The number of nitrogens with two attached hydrogens (primary N) is 2. The molecule has 3 nitrogen and oxygen atoms in total. The molecular weight excluding hydrogens is 186 g/mol. The van der Waals surface area contributed by atoms with Gasteiger partial charge in [0, 0.05) is 12.2 Å². The van der Waals surface area contributed by atoms with E-state index >= 15 is 0 Å². The van der Waals surface area contributed by atoms with Crippen LogP contribution in [0.5, 0.6) is 0 Å². The Bertz CT molecular complexity index is 371. The molecule has 0 fully saturated rings. The van der Waals surface area contributed by atoms with Crippen LogP contribution in [0.4, 0.5) is 5.82 Å². The minimum Gasteiger partial charge on any atom is -0.384 e. The first kappa shape index (κ1) is 10.2. The van der Waals surface area contributed by atoms with E-state index in [0.717, 1.165) is 19.3 Å². The Morgan fingerprint density at radius 3 is 3.07 bits per heavy atom. The van der Waals surface area contributed by atoms with Gasteiger partial charge >= 0.3 is 0 Å². The Balaban J connectivity index is 2.08. The number of hydrogen-bond acceptors (Lipinski definition) is 3. The fraction of sp³-hybridized carbons (Fsp3) is 0.417. The van der Waals surface area contributed by atoms with E-state index in [1.54, 1.807) is 6.20 Å². The number of nitrogens with zero attached hydrogens (tertiary/aromatic N) is 1. The van der Waals surface area contributed by atoms with Crippen molar-refractivity contribution in [1.29, 1.82) is 0 Å². The van der Waals surface area contributed by atoms with E-state index < -0.39 is 0 Å². The van der Waals surface area contributed by atoms with Crippen LogP contribution in [-0.4, -0.2) is 11.0 Å². The second-order valence-corrected chi connectivity index (χ2v) is 4.15. The maximum Gasteiger partial charge on any atom is 0.123 e. The van der Waals surface area contributed by atoms with E-state index in [1.165, 1.54) is 17.6 Å². The lowest BCUT2D eigenvalue weighted by atomic mass is 9.92. The third-order valence-electron chi connectivity index (χ3n) is 2.76. The van der Waals surface area contributed by atoms with Crippen molar-refractivity contribution in [3.8, 4) is 0 Å². The summed E-state index contributed by atoms with van der Waals surface area (Å²) in [6.07, 6.45) is 8.39. The molecule has 1 atom stereocenters. The van der Waals surface area contributed by atoms with Crippen LogP contribution in [0.15, 0.2) is 30.0 Å². The molecule has 0 amide bonds. The van der Waals surface area contributed by atoms with E-state index in [4.69, 9.17) is 11.5 Å². The normalized spacial score (nSPS) is 21.1. The van der Waals surface area contributed by atoms with Crippen LogP contribution in [-0.2, 0) is 6.42 Å². The first-order valence-corrected chi connectivity index (χ1v) is 5.39. The Labute approximate surface area is 90.2 Å². The average Bonchev–Trinajstić information content (AvgIpc) is 2.17. The highest BCUT2D eigenvalue weighted by Gasteiger charge is 2.10. The molecule has 80 valence electrons. The maximum absolute atomic E-state index is 5.90. The largest absolute Gasteiger partial charge is 0.384 e. The number of anilines is 1. The number of hydrogen-bond donors (Lipinski definition) is 2. The molecule has 1 aliphatic carbocycles. The van der Waals surface area contributed by atoms with Gasteiger partial charge in [-0.25, -0.2) is 4.98 Å². The summed E-state index contributed by atoms with van der Waals surface area (Å²) in [5.74, 6) is 0.591. The van der Waals surface area contributed by atoms with Crippen LogP contribution in [0.25, 0.3) is 0 Å². The predicted octanol–water partition coefficient (Wildman–Crippen LogP) is 1.64. The Morgan fingerprint density at radius 2 is 2.33 bits per heavy atom. The third kappa shape index (κ3) is 2.80. The highest BCUT2D eigenvalue weighted by molar-refractivity contribution is 5.34. The standard InChI is InChI=1S/C12H17N3/c13-11-3-1-2-9(7-11)6-10-4-5-15-12(14)8-10/h4-5,7-8,11H,1-3,6,13H2,(H2,14,15). The van der Waals surface area contributed by atoms with E-state index in [-0.39, 0.29) is 6.04 Å². The van der Waals surface area contributed by atoms with Gasteiger partial charge in [0.2, 0.25) is 0 Å². The molecule has 3 heteroatoms. The first-order chi connectivity index (χ1) is 7.24. The Kier molecular flexibility index (Phi) is 3.02. The summed E-state index contributed by atoms with van der Waals surface area (Å²) in [4.78, 5) is 3.98. The highest BCUT2D eigenvalue weighted by Crippen LogP contribution is 2.20. The number of allylic oxidation sites excluding steroid dienone is 1. The zero-order valence-corrected chi connectivity index (χ0v) is 8.82. The molecule has 0 spiro atoms. The summed E-state index contributed by atoms with van der Waals surface area (Å²) in [6.45, 7) is 0. The maximum atomic E-state index is 5.90. The molecule has 4 N–H and O–H groups in total. The monoisotopic (exact) mass is 203 g/mol. The van der Waals surface area contributed by atoms with Gasteiger partial charge in [0.25, 0.3) is 0 Å². The fourth-order valence-corrected chi connectivity index (χ4v) is 2.05. The molecule has 0 aromatic carbocycles. The van der Waals surface area contributed by atoms with Gasteiger partial charge in [-0.3, -0.25) is 0 Å². The van der Waals surface area contributed by atoms with Gasteiger partial charge in [0.15, 0.2) is 0 Å². The van der Waals surface area contributed by atoms with Gasteiger partial charge in [-0.2, -0.15) is 0 Å². The summed E-state index contributed by atoms with van der Waals surface area (Å²) in [7, 11) is 0. The third-order valence-corrected chi connectivity index (χ3v) is 2.76. The van der Waals surface area contributed by atoms with Crippen molar-refractivity contribution in [2.45, 2.75) is 31.7 Å². The Hall–Kier alpha value is -1.35. The average molecular weight is 203 g/mol. The SMILES string of the molecule is Nc1cc(CC2=CC(N)CCC2)ccn1. The molecule has 15 heavy (non-hydrogen) atoms. The van der Waals surface area contributed by atoms with Crippen LogP contribution in [0.2, 0.25) is 0 Å². The summed E-state index contributed by atoms with van der Waals surface area (Å²) in [6, 6.07) is 4.19. The molecule has 1 aliphatic rings. The zero-order valence-electron chi connectivity index (χ0n) is 8.82. The van der Waals surface area contributed by atoms with E-state index in [9.17, 15) is 0 Å². The second kappa shape index (κ2) is 4.45. The van der Waals surface area contributed by atoms with E-state index in [1.807, 2.05) is 12.1 Å². The summed E-state index contributed by atoms with van der Waals surface area (Å²) in [5, 5.41) is 0. The van der Waals surface area contributed by atoms with Gasteiger partial charge in [-0.15, -0.1) is 0 Å². The topological polar surface area (TPSA) is 64.9 Å². The molecule has 1 aromatic rings. The molecule has 0 saturated heterocycles.